The summed E-state index contributed by atoms with van der Waals surface area (Å²) in [6, 6.07) is 10.9. The number of fused-ring (bicyclic) bond motifs is 1. The summed E-state index contributed by atoms with van der Waals surface area (Å²) in [7, 11) is 2.12. The van der Waals surface area contributed by atoms with E-state index in [0.29, 0.717) is 17.8 Å². The summed E-state index contributed by atoms with van der Waals surface area (Å²) in [5, 5.41) is 2.40. The first kappa shape index (κ1) is 15.1. The lowest BCUT2D eigenvalue weighted by Crippen LogP contribution is -2.31. The van der Waals surface area contributed by atoms with Crippen LogP contribution in [0.4, 0.5) is 5.82 Å². The van der Waals surface area contributed by atoms with Gasteiger partial charge in [-0.1, -0.05) is 38.1 Å². The van der Waals surface area contributed by atoms with Gasteiger partial charge in [0.1, 0.15) is 5.82 Å². The maximum absolute atomic E-state index is 5.99. The summed E-state index contributed by atoms with van der Waals surface area (Å²) >= 11 is 5.99. The van der Waals surface area contributed by atoms with Gasteiger partial charge < -0.3 is 4.90 Å². The molecule has 0 aliphatic rings. The average molecular weight is 291 g/mol. The van der Waals surface area contributed by atoms with Crippen molar-refractivity contribution in [2.24, 2.45) is 5.92 Å². The van der Waals surface area contributed by atoms with Crippen molar-refractivity contribution >= 4 is 28.2 Å². The number of anilines is 1. The smallest absolute Gasteiger partial charge is 0.136 e. The first-order chi connectivity index (χ1) is 9.52. The van der Waals surface area contributed by atoms with E-state index in [1.165, 1.54) is 10.8 Å². The van der Waals surface area contributed by atoms with Gasteiger partial charge >= 0.3 is 0 Å². The molecule has 2 rings (SSSR count). The minimum absolute atomic E-state index is 0.449. The van der Waals surface area contributed by atoms with Crippen LogP contribution in [-0.4, -0.2) is 18.1 Å². The number of pyridine rings is 1. The predicted molar refractivity (Wildman–Crippen MR) is 88.6 cm³/mol. The zero-order chi connectivity index (χ0) is 14.7. The van der Waals surface area contributed by atoms with Crippen molar-refractivity contribution in [3.63, 3.8) is 0 Å². The van der Waals surface area contributed by atoms with Crippen LogP contribution in [0.3, 0.4) is 0 Å². The van der Waals surface area contributed by atoms with Gasteiger partial charge in [0.15, 0.2) is 0 Å². The quantitative estimate of drug-likeness (QED) is 0.732. The molecule has 0 bridgehead atoms. The highest BCUT2D eigenvalue weighted by atomic mass is 35.5. The minimum Gasteiger partial charge on any atom is -0.356 e. The van der Waals surface area contributed by atoms with Crippen LogP contribution in [0.25, 0.3) is 10.8 Å². The van der Waals surface area contributed by atoms with Crippen LogP contribution in [0, 0.1) is 5.92 Å². The molecule has 0 fully saturated rings. The molecule has 1 atom stereocenters. The van der Waals surface area contributed by atoms with Crippen LogP contribution in [0.2, 0.25) is 0 Å². The Kier molecular flexibility index (Phi) is 4.87. The third-order valence-electron chi connectivity index (χ3n) is 3.72. The minimum atomic E-state index is 0.449. The lowest BCUT2D eigenvalue weighted by Gasteiger charge is -2.28. The van der Waals surface area contributed by atoms with E-state index in [4.69, 9.17) is 16.6 Å². The highest BCUT2D eigenvalue weighted by Crippen LogP contribution is 2.28. The summed E-state index contributed by atoms with van der Waals surface area (Å²) < 4.78 is 0. The third-order valence-corrected chi connectivity index (χ3v) is 3.99. The van der Waals surface area contributed by atoms with E-state index < -0.39 is 0 Å². The van der Waals surface area contributed by atoms with Crippen molar-refractivity contribution in [1.82, 2.24) is 4.98 Å². The fourth-order valence-electron chi connectivity index (χ4n) is 2.62. The van der Waals surface area contributed by atoms with E-state index in [1.54, 1.807) is 0 Å². The number of nitrogens with zero attached hydrogens (tertiary/aromatic N) is 2. The fourth-order valence-corrected chi connectivity index (χ4v) is 2.76. The molecule has 0 saturated heterocycles. The molecule has 1 aromatic carbocycles. The number of hydrogen-bond donors (Lipinski definition) is 0. The average Bonchev–Trinajstić information content (AvgIpc) is 2.44. The summed E-state index contributed by atoms with van der Waals surface area (Å²) in [5.74, 6) is 2.16. The number of alkyl halides is 1. The Hall–Kier alpha value is -1.28. The van der Waals surface area contributed by atoms with Crippen LogP contribution >= 0.6 is 11.6 Å². The highest BCUT2D eigenvalue weighted by Gasteiger charge is 2.16. The second-order valence-corrected chi connectivity index (χ2v) is 6.15. The monoisotopic (exact) mass is 290 g/mol. The molecule has 0 saturated carbocycles. The van der Waals surface area contributed by atoms with Gasteiger partial charge in [0.2, 0.25) is 0 Å². The Labute approximate surface area is 126 Å². The molecule has 0 amide bonds. The van der Waals surface area contributed by atoms with Gasteiger partial charge in [0.25, 0.3) is 0 Å². The number of halogens is 1. The van der Waals surface area contributed by atoms with Gasteiger partial charge in [-0.05, 0) is 30.7 Å². The van der Waals surface area contributed by atoms with Crippen LogP contribution in [-0.2, 0) is 5.88 Å². The Morgan fingerprint density at radius 3 is 2.55 bits per heavy atom. The Morgan fingerprint density at radius 2 is 1.90 bits per heavy atom. The number of aromatic nitrogens is 1. The van der Waals surface area contributed by atoms with Crippen molar-refractivity contribution < 1.29 is 0 Å². The van der Waals surface area contributed by atoms with Crippen molar-refractivity contribution in [1.29, 1.82) is 0 Å². The van der Waals surface area contributed by atoms with Gasteiger partial charge in [-0.15, -0.1) is 11.6 Å². The van der Waals surface area contributed by atoms with Crippen LogP contribution in [0.1, 0.15) is 32.9 Å². The number of rotatable bonds is 5. The Morgan fingerprint density at radius 1 is 1.20 bits per heavy atom. The zero-order valence-corrected chi connectivity index (χ0v) is 13.5. The molecule has 0 radical (unpaired) electrons. The second kappa shape index (κ2) is 6.45. The summed E-state index contributed by atoms with van der Waals surface area (Å²) in [5.41, 5.74) is 0.934. The molecule has 0 spiro atoms. The molecular weight excluding hydrogens is 268 g/mol. The molecule has 0 aliphatic carbocycles. The largest absolute Gasteiger partial charge is 0.356 e. The van der Waals surface area contributed by atoms with E-state index in [1.807, 2.05) is 0 Å². The molecule has 0 N–H and O–H groups in total. The molecule has 2 nitrogen and oxygen atoms in total. The molecule has 1 aromatic heterocycles. The van der Waals surface area contributed by atoms with Crippen LogP contribution < -0.4 is 4.90 Å². The van der Waals surface area contributed by atoms with E-state index in [0.717, 1.165) is 17.9 Å². The Balaban J connectivity index is 2.46. The first-order valence-corrected chi connectivity index (χ1v) is 7.73. The third kappa shape index (κ3) is 3.24. The van der Waals surface area contributed by atoms with Crippen molar-refractivity contribution in [3.05, 3.63) is 36.0 Å². The van der Waals surface area contributed by atoms with E-state index in [-0.39, 0.29) is 0 Å². The van der Waals surface area contributed by atoms with Gasteiger partial charge in [0.05, 0.1) is 11.6 Å². The second-order valence-electron chi connectivity index (χ2n) is 5.88. The first-order valence-electron chi connectivity index (χ1n) is 7.20. The maximum Gasteiger partial charge on any atom is 0.136 e. The molecule has 2 aromatic rings. The molecule has 20 heavy (non-hydrogen) atoms. The van der Waals surface area contributed by atoms with Crippen LogP contribution in [0.15, 0.2) is 30.3 Å². The van der Waals surface area contributed by atoms with Crippen molar-refractivity contribution in [3.8, 4) is 0 Å². The van der Waals surface area contributed by atoms with Crippen molar-refractivity contribution in [2.75, 3.05) is 11.9 Å². The van der Waals surface area contributed by atoms with Gasteiger partial charge in [-0.3, -0.25) is 0 Å². The number of benzene rings is 1. The maximum atomic E-state index is 5.99. The summed E-state index contributed by atoms with van der Waals surface area (Å²) in [6.45, 7) is 6.76. The SMILES string of the molecule is CC(C)CC(C)N(C)c1nc(CCl)cc2ccccc12. The zero-order valence-electron chi connectivity index (χ0n) is 12.7. The van der Waals surface area contributed by atoms with Gasteiger partial charge in [-0.25, -0.2) is 4.98 Å². The van der Waals surface area contributed by atoms with E-state index in [9.17, 15) is 0 Å². The molecule has 1 heterocycles. The lowest BCUT2D eigenvalue weighted by molar-refractivity contribution is 0.502. The normalized spacial score (nSPS) is 12.9. The topological polar surface area (TPSA) is 16.1 Å². The fraction of sp³-hybridized carbons (Fsp3) is 0.471. The lowest BCUT2D eigenvalue weighted by atomic mass is 10.0. The van der Waals surface area contributed by atoms with E-state index >= 15 is 0 Å². The standard InChI is InChI=1S/C17H23ClN2/c1-12(2)9-13(3)20(4)17-16-8-6-5-7-14(16)10-15(11-18)19-17/h5-8,10,12-13H,9,11H2,1-4H3. The molecule has 3 heteroatoms. The Bertz CT molecular complexity index is 580. The van der Waals surface area contributed by atoms with E-state index in [2.05, 4.69) is 63.1 Å². The highest BCUT2D eigenvalue weighted by molar-refractivity contribution is 6.17. The number of hydrogen-bond acceptors (Lipinski definition) is 2. The van der Waals surface area contributed by atoms with Gasteiger partial charge in [-0.2, -0.15) is 0 Å². The molecular formula is C17H23ClN2. The summed E-state index contributed by atoms with van der Waals surface area (Å²) in [6.07, 6.45) is 1.15. The molecule has 1 unspecified atom stereocenters. The summed E-state index contributed by atoms with van der Waals surface area (Å²) in [4.78, 5) is 7.02. The van der Waals surface area contributed by atoms with Crippen molar-refractivity contribution in [2.45, 2.75) is 39.1 Å². The predicted octanol–water partition coefficient (Wildman–Crippen LogP) is 4.84. The van der Waals surface area contributed by atoms with Gasteiger partial charge in [0, 0.05) is 18.5 Å². The molecule has 108 valence electrons. The molecule has 0 aliphatic heterocycles. The van der Waals surface area contributed by atoms with Crippen LogP contribution in [0.5, 0.6) is 0 Å².